The van der Waals surface area contributed by atoms with E-state index in [-0.39, 0.29) is 17.1 Å². The molecule has 3 aromatic rings. The third-order valence-corrected chi connectivity index (χ3v) is 4.34. The molecule has 0 aliphatic heterocycles. The minimum absolute atomic E-state index is 0.0201. The average molecular weight is 352 g/mol. The van der Waals surface area contributed by atoms with E-state index in [0.29, 0.717) is 12.6 Å². The van der Waals surface area contributed by atoms with Gasteiger partial charge in [-0.2, -0.15) is 0 Å². The zero-order valence-electron chi connectivity index (χ0n) is 13.8. The normalized spacial score (nSPS) is 13.7. The van der Waals surface area contributed by atoms with E-state index < -0.39 is 10.8 Å². The molecule has 0 unspecified atom stereocenters. The van der Waals surface area contributed by atoms with E-state index in [1.54, 1.807) is 0 Å². The summed E-state index contributed by atoms with van der Waals surface area (Å²) in [7, 11) is 0. The maximum Gasteiger partial charge on any atom is 0.288 e. The van der Waals surface area contributed by atoms with Crippen molar-refractivity contribution in [1.29, 1.82) is 0 Å². The lowest BCUT2D eigenvalue weighted by Gasteiger charge is -2.11. The van der Waals surface area contributed by atoms with Gasteiger partial charge in [0.1, 0.15) is 17.8 Å². The number of carbonyl (C=O) groups excluding carboxylic acids is 1. The lowest BCUT2D eigenvalue weighted by Crippen LogP contribution is -2.17. The Kier molecular flexibility index (Phi) is 3.76. The number of imidazole rings is 1. The molecule has 0 spiro atoms. The molecule has 0 atom stereocenters. The molecule has 1 amide bonds. The summed E-state index contributed by atoms with van der Waals surface area (Å²) in [4.78, 5) is 30.5. The molecule has 0 saturated heterocycles. The largest absolute Gasteiger partial charge is 0.365 e. The van der Waals surface area contributed by atoms with Gasteiger partial charge in [0, 0.05) is 12.1 Å². The number of fused-ring (bicyclic) bond motifs is 1. The summed E-state index contributed by atoms with van der Waals surface area (Å²) in [6, 6.07) is 9.46. The van der Waals surface area contributed by atoms with Gasteiger partial charge >= 0.3 is 0 Å². The van der Waals surface area contributed by atoms with Gasteiger partial charge in [0.15, 0.2) is 0 Å². The molecular formula is C17H16N6O3. The quantitative estimate of drug-likeness (QED) is 0.517. The molecule has 1 aromatic carbocycles. The van der Waals surface area contributed by atoms with Crippen LogP contribution in [-0.4, -0.2) is 25.4 Å². The number of rotatable bonds is 6. The third-order valence-electron chi connectivity index (χ3n) is 4.34. The van der Waals surface area contributed by atoms with Gasteiger partial charge < -0.3 is 15.6 Å². The molecule has 1 aliphatic rings. The summed E-state index contributed by atoms with van der Waals surface area (Å²) in [5.41, 5.74) is 7.01. The predicted molar refractivity (Wildman–Crippen MR) is 94.7 cm³/mol. The molecular weight excluding hydrogens is 336 g/mol. The van der Waals surface area contributed by atoms with E-state index >= 15 is 0 Å². The Morgan fingerprint density at radius 1 is 1.38 bits per heavy atom. The summed E-state index contributed by atoms with van der Waals surface area (Å²) in [6.07, 6.45) is 3.31. The van der Waals surface area contributed by atoms with Gasteiger partial charge in [0.05, 0.1) is 28.1 Å². The highest BCUT2D eigenvalue weighted by Gasteiger charge is 2.28. The number of carbonyl (C=O) groups is 1. The molecule has 9 nitrogen and oxygen atoms in total. The molecule has 2 heterocycles. The number of nitrogens with one attached hydrogen (secondary N) is 1. The number of hydrogen-bond acceptors (Lipinski definition) is 6. The van der Waals surface area contributed by atoms with E-state index in [2.05, 4.69) is 19.9 Å². The highest BCUT2D eigenvalue weighted by atomic mass is 16.6. The van der Waals surface area contributed by atoms with Crippen molar-refractivity contribution in [2.45, 2.75) is 25.4 Å². The van der Waals surface area contributed by atoms with Crippen molar-refractivity contribution in [1.82, 2.24) is 14.5 Å². The second-order valence-electron chi connectivity index (χ2n) is 6.18. The fourth-order valence-electron chi connectivity index (χ4n) is 3.00. The standard InChI is InChI=1S/C17H16N6O3/c18-16(24)12-7-11(23(25)26)8-19-17(12)20-9-15-21-13-3-1-2-4-14(13)22(15)10-5-6-10/h1-4,7-8,10H,5-6,9H2,(H2,18,24)(H,19,20). The van der Waals surface area contributed by atoms with Gasteiger partial charge in [-0.1, -0.05) is 12.1 Å². The number of pyridine rings is 1. The fourth-order valence-corrected chi connectivity index (χ4v) is 3.00. The number of anilines is 1. The number of nitrogens with two attached hydrogens (primary N) is 1. The predicted octanol–water partition coefficient (Wildman–Crippen LogP) is 2.39. The summed E-state index contributed by atoms with van der Waals surface area (Å²) >= 11 is 0. The van der Waals surface area contributed by atoms with Crippen LogP contribution in [0.1, 0.15) is 35.1 Å². The first-order chi connectivity index (χ1) is 12.5. The molecule has 1 saturated carbocycles. The molecule has 26 heavy (non-hydrogen) atoms. The summed E-state index contributed by atoms with van der Waals surface area (Å²) in [6.45, 7) is 0.330. The van der Waals surface area contributed by atoms with Crippen LogP contribution in [0.2, 0.25) is 0 Å². The van der Waals surface area contributed by atoms with Crippen molar-refractivity contribution < 1.29 is 9.72 Å². The Labute approximate surface area is 148 Å². The molecule has 3 N–H and O–H groups in total. The molecule has 2 aromatic heterocycles. The van der Waals surface area contributed by atoms with Gasteiger partial charge in [-0.25, -0.2) is 9.97 Å². The maximum atomic E-state index is 11.6. The first kappa shape index (κ1) is 16.0. The van der Waals surface area contributed by atoms with Crippen LogP contribution in [0, 0.1) is 10.1 Å². The molecule has 1 fully saturated rings. The highest BCUT2D eigenvalue weighted by Crippen LogP contribution is 2.38. The first-order valence-electron chi connectivity index (χ1n) is 8.18. The van der Waals surface area contributed by atoms with Crippen molar-refractivity contribution >= 4 is 28.4 Å². The molecule has 9 heteroatoms. The number of primary amides is 1. The molecule has 0 radical (unpaired) electrons. The number of para-hydroxylation sites is 2. The molecule has 0 bridgehead atoms. The second-order valence-corrected chi connectivity index (χ2v) is 6.18. The monoisotopic (exact) mass is 352 g/mol. The van der Waals surface area contributed by atoms with Crippen LogP contribution < -0.4 is 11.1 Å². The zero-order chi connectivity index (χ0) is 18.3. The van der Waals surface area contributed by atoms with Crippen molar-refractivity contribution in [3.05, 3.63) is 58.0 Å². The molecule has 1 aliphatic carbocycles. The van der Waals surface area contributed by atoms with Crippen molar-refractivity contribution in [3.8, 4) is 0 Å². The fraction of sp³-hybridized carbons (Fsp3) is 0.235. The van der Waals surface area contributed by atoms with Crippen LogP contribution in [0.5, 0.6) is 0 Å². The Morgan fingerprint density at radius 3 is 2.85 bits per heavy atom. The van der Waals surface area contributed by atoms with Crippen molar-refractivity contribution in [2.24, 2.45) is 5.73 Å². The van der Waals surface area contributed by atoms with Gasteiger partial charge in [-0.15, -0.1) is 0 Å². The minimum atomic E-state index is -0.778. The minimum Gasteiger partial charge on any atom is -0.365 e. The van der Waals surface area contributed by atoms with Crippen LogP contribution in [0.4, 0.5) is 11.5 Å². The molecule has 132 valence electrons. The maximum absolute atomic E-state index is 11.6. The number of hydrogen-bond donors (Lipinski definition) is 2. The van der Waals surface area contributed by atoms with E-state index in [4.69, 9.17) is 5.73 Å². The second kappa shape index (κ2) is 6.10. The number of nitro groups is 1. The Bertz CT molecular complexity index is 1020. The third kappa shape index (κ3) is 2.83. The van der Waals surface area contributed by atoms with E-state index in [1.807, 2.05) is 24.3 Å². The number of amides is 1. The van der Waals surface area contributed by atoms with E-state index in [1.165, 1.54) is 0 Å². The Morgan fingerprint density at radius 2 is 2.15 bits per heavy atom. The SMILES string of the molecule is NC(=O)c1cc([N+](=O)[O-])cnc1NCc1nc2ccccc2n1C1CC1. The van der Waals surface area contributed by atoms with Gasteiger partial charge in [0.25, 0.3) is 11.6 Å². The van der Waals surface area contributed by atoms with Crippen LogP contribution in [0.15, 0.2) is 36.5 Å². The molecule has 4 rings (SSSR count). The Hall–Kier alpha value is -3.49. The number of nitrogens with zero attached hydrogens (tertiary/aromatic N) is 4. The Balaban J connectivity index is 1.66. The van der Waals surface area contributed by atoms with Crippen LogP contribution in [0.3, 0.4) is 0 Å². The van der Waals surface area contributed by atoms with Gasteiger partial charge in [0.2, 0.25) is 0 Å². The van der Waals surface area contributed by atoms with Crippen LogP contribution in [-0.2, 0) is 6.54 Å². The van der Waals surface area contributed by atoms with Gasteiger partial charge in [-0.3, -0.25) is 14.9 Å². The topological polar surface area (TPSA) is 129 Å². The van der Waals surface area contributed by atoms with Crippen LogP contribution >= 0.6 is 0 Å². The average Bonchev–Trinajstić information content (AvgIpc) is 3.39. The van der Waals surface area contributed by atoms with Crippen molar-refractivity contribution in [3.63, 3.8) is 0 Å². The highest BCUT2D eigenvalue weighted by molar-refractivity contribution is 5.98. The summed E-state index contributed by atoms with van der Waals surface area (Å²) in [5.74, 6) is 0.251. The number of aromatic nitrogens is 3. The lowest BCUT2D eigenvalue weighted by atomic mass is 10.2. The lowest BCUT2D eigenvalue weighted by molar-refractivity contribution is -0.385. The number of benzene rings is 1. The van der Waals surface area contributed by atoms with Crippen LogP contribution in [0.25, 0.3) is 11.0 Å². The van der Waals surface area contributed by atoms with Gasteiger partial charge in [-0.05, 0) is 25.0 Å². The van der Waals surface area contributed by atoms with Crippen molar-refractivity contribution in [2.75, 3.05) is 5.32 Å². The summed E-state index contributed by atoms with van der Waals surface area (Å²) < 4.78 is 2.19. The first-order valence-corrected chi connectivity index (χ1v) is 8.18. The van der Waals surface area contributed by atoms with E-state index in [0.717, 1.165) is 42.0 Å². The summed E-state index contributed by atoms with van der Waals surface area (Å²) in [5, 5.41) is 13.9. The van der Waals surface area contributed by atoms with E-state index in [9.17, 15) is 14.9 Å². The zero-order valence-corrected chi connectivity index (χ0v) is 13.8. The smallest absolute Gasteiger partial charge is 0.288 e.